The summed E-state index contributed by atoms with van der Waals surface area (Å²) in [6.45, 7) is 6.63. The first-order valence-corrected chi connectivity index (χ1v) is 9.17. The number of hydrogen-bond acceptors (Lipinski definition) is 5. The van der Waals surface area contributed by atoms with E-state index < -0.39 is 0 Å². The molecular weight excluding hydrogens is 314 g/mol. The molecule has 0 amide bonds. The Kier molecular flexibility index (Phi) is 4.53. The highest BCUT2D eigenvalue weighted by Gasteiger charge is 2.24. The van der Waals surface area contributed by atoms with Gasteiger partial charge in [0.05, 0.1) is 11.3 Å². The second-order valence-electron chi connectivity index (χ2n) is 7.33. The lowest BCUT2D eigenvalue weighted by Gasteiger charge is -2.33. The van der Waals surface area contributed by atoms with Crippen molar-refractivity contribution in [2.75, 3.05) is 24.5 Å². The van der Waals surface area contributed by atoms with Gasteiger partial charge in [0.1, 0.15) is 0 Å². The second-order valence-corrected chi connectivity index (χ2v) is 7.33. The molecule has 1 atom stereocenters. The average Bonchev–Trinajstić information content (AvgIpc) is 2.63. The Balaban J connectivity index is 1.52. The Morgan fingerprint density at radius 1 is 1.36 bits per heavy atom. The molecule has 2 aromatic rings. The first-order chi connectivity index (χ1) is 12.2. The molecule has 1 saturated heterocycles. The van der Waals surface area contributed by atoms with Crippen LogP contribution in [0.1, 0.15) is 36.6 Å². The number of nitrogens with zero attached hydrogens (tertiary/aromatic N) is 4. The molecule has 1 unspecified atom stereocenters. The third-order valence-electron chi connectivity index (χ3n) is 5.22. The number of aromatic nitrogens is 3. The summed E-state index contributed by atoms with van der Waals surface area (Å²) in [5.41, 5.74) is 2.99. The summed E-state index contributed by atoms with van der Waals surface area (Å²) >= 11 is 0. The number of H-pyrrole nitrogens is 1. The highest BCUT2D eigenvalue weighted by Crippen LogP contribution is 2.22. The van der Waals surface area contributed by atoms with Gasteiger partial charge in [-0.25, -0.2) is 4.98 Å². The van der Waals surface area contributed by atoms with Crippen LogP contribution in [0.3, 0.4) is 0 Å². The lowest BCUT2D eigenvalue weighted by atomic mass is 10.0. The molecule has 132 valence electrons. The molecule has 0 aliphatic carbocycles. The van der Waals surface area contributed by atoms with Gasteiger partial charge in [0.25, 0.3) is 5.56 Å². The molecule has 0 bridgehead atoms. The predicted octanol–water partition coefficient (Wildman–Crippen LogP) is 1.96. The van der Waals surface area contributed by atoms with E-state index in [0.29, 0.717) is 12.5 Å². The molecular formula is C19H25N5O. The minimum absolute atomic E-state index is 0.0223. The van der Waals surface area contributed by atoms with Gasteiger partial charge < -0.3 is 4.90 Å². The van der Waals surface area contributed by atoms with E-state index in [0.717, 1.165) is 49.8 Å². The number of rotatable bonds is 3. The zero-order valence-electron chi connectivity index (χ0n) is 14.7. The highest BCUT2D eigenvalue weighted by atomic mass is 16.1. The van der Waals surface area contributed by atoms with E-state index in [1.165, 1.54) is 18.4 Å². The molecule has 2 aliphatic rings. The van der Waals surface area contributed by atoms with Crippen molar-refractivity contribution in [2.24, 2.45) is 5.92 Å². The maximum Gasteiger partial charge on any atom is 0.257 e. The smallest absolute Gasteiger partial charge is 0.257 e. The van der Waals surface area contributed by atoms with Gasteiger partial charge in [-0.05, 0) is 30.4 Å². The molecule has 4 heterocycles. The lowest BCUT2D eigenvalue weighted by Crippen LogP contribution is -2.39. The average molecular weight is 339 g/mol. The van der Waals surface area contributed by atoms with E-state index in [2.05, 4.69) is 32.8 Å². The fraction of sp³-hybridized carbons (Fsp3) is 0.526. The predicted molar refractivity (Wildman–Crippen MR) is 97.5 cm³/mol. The van der Waals surface area contributed by atoms with Crippen molar-refractivity contribution in [3.8, 4) is 0 Å². The van der Waals surface area contributed by atoms with Crippen LogP contribution < -0.4 is 10.5 Å². The zero-order chi connectivity index (χ0) is 17.2. The molecule has 0 saturated carbocycles. The number of piperidine rings is 1. The molecule has 2 aliphatic heterocycles. The Morgan fingerprint density at radius 2 is 2.28 bits per heavy atom. The number of pyridine rings is 1. The van der Waals surface area contributed by atoms with Crippen LogP contribution in [0.5, 0.6) is 0 Å². The lowest BCUT2D eigenvalue weighted by molar-refractivity contribution is 0.241. The van der Waals surface area contributed by atoms with Crippen LogP contribution in [0, 0.1) is 5.92 Å². The fourth-order valence-corrected chi connectivity index (χ4v) is 3.88. The quantitative estimate of drug-likeness (QED) is 0.926. The van der Waals surface area contributed by atoms with E-state index in [9.17, 15) is 4.79 Å². The van der Waals surface area contributed by atoms with Crippen molar-refractivity contribution in [1.82, 2.24) is 19.9 Å². The topological polar surface area (TPSA) is 65.1 Å². The molecule has 4 rings (SSSR count). The van der Waals surface area contributed by atoms with Crippen LogP contribution in [0.2, 0.25) is 0 Å². The summed E-state index contributed by atoms with van der Waals surface area (Å²) in [7, 11) is 0. The number of anilines is 1. The van der Waals surface area contributed by atoms with Crippen LogP contribution in [-0.4, -0.2) is 39.5 Å². The summed E-state index contributed by atoms with van der Waals surface area (Å²) in [5.74, 6) is 1.42. The fourth-order valence-electron chi connectivity index (χ4n) is 3.88. The molecule has 2 aromatic heterocycles. The molecule has 1 fully saturated rings. The molecule has 6 nitrogen and oxygen atoms in total. The third-order valence-corrected chi connectivity index (χ3v) is 5.22. The zero-order valence-corrected chi connectivity index (χ0v) is 14.7. The number of hydrogen-bond donors (Lipinski definition) is 1. The largest absolute Gasteiger partial charge is 0.342 e. The first kappa shape index (κ1) is 16.3. The van der Waals surface area contributed by atoms with Gasteiger partial charge >= 0.3 is 0 Å². The van der Waals surface area contributed by atoms with Gasteiger partial charge in [0.15, 0.2) is 0 Å². The van der Waals surface area contributed by atoms with Crippen LogP contribution in [0.15, 0.2) is 29.3 Å². The molecule has 25 heavy (non-hydrogen) atoms. The maximum absolute atomic E-state index is 12.6. The maximum atomic E-state index is 12.6. The van der Waals surface area contributed by atoms with Crippen LogP contribution in [-0.2, 0) is 19.5 Å². The van der Waals surface area contributed by atoms with E-state index in [-0.39, 0.29) is 5.56 Å². The van der Waals surface area contributed by atoms with Crippen molar-refractivity contribution in [2.45, 2.75) is 39.3 Å². The second kappa shape index (κ2) is 6.96. The van der Waals surface area contributed by atoms with E-state index in [4.69, 9.17) is 4.98 Å². The normalized spacial score (nSPS) is 21.2. The van der Waals surface area contributed by atoms with Gasteiger partial charge in [0, 0.05) is 51.5 Å². The van der Waals surface area contributed by atoms with Crippen molar-refractivity contribution in [3.63, 3.8) is 0 Å². The van der Waals surface area contributed by atoms with Crippen LogP contribution >= 0.6 is 0 Å². The van der Waals surface area contributed by atoms with E-state index >= 15 is 0 Å². The van der Waals surface area contributed by atoms with E-state index in [1.54, 1.807) is 6.20 Å². The van der Waals surface area contributed by atoms with Gasteiger partial charge in [-0.1, -0.05) is 13.0 Å². The number of aromatic amines is 1. The number of fused-ring (bicyclic) bond motifs is 1. The first-order valence-electron chi connectivity index (χ1n) is 9.17. The summed E-state index contributed by atoms with van der Waals surface area (Å²) in [6.07, 6.45) is 6.93. The Labute approximate surface area is 147 Å². The van der Waals surface area contributed by atoms with Crippen LogP contribution in [0.4, 0.5) is 5.95 Å². The van der Waals surface area contributed by atoms with Crippen molar-refractivity contribution >= 4 is 5.95 Å². The summed E-state index contributed by atoms with van der Waals surface area (Å²) in [5, 5.41) is 0. The Bertz CT molecular complexity index is 788. The van der Waals surface area contributed by atoms with Gasteiger partial charge in [-0.3, -0.25) is 19.7 Å². The SMILES string of the molecule is CC1CCCN(c2nc3c(c(=O)[nH]2)CN(Cc2cccnc2)CC3)C1. The van der Waals surface area contributed by atoms with Gasteiger partial charge in [-0.2, -0.15) is 0 Å². The molecule has 6 heteroatoms. The minimum atomic E-state index is 0.0223. The number of nitrogens with one attached hydrogen (secondary N) is 1. The minimum Gasteiger partial charge on any atom is -0.342 e. The van der Waals surface area contributed by atoms with E-state index in [1.807, 2.05) is 12.3 Å². The molecule has 0 radical (unpaired) electrons. The molecule has 1 N–H and O–H groups in total. The summed E-state index contributed by atoms with van der Waals surface area (Å²) in [4.78, 5) is 29.2. The van der Waals surface area contributed by atoms with Crippen molar-refractivity contribution in [3.05, 3.63) is 51.7 Å². The van der Waals surface area contributed by atoms with Gasteiger partial charge in [-0.15, -0.1) is 0 Å². The van der Waals surface area contributed by atoms with Crippen LogP contribution in [0.25, 0.3) is 0 Å². The van der Waals surface area contributed by atoms with Gasteiger partial charge in [0.2, 0.25) is 5.95 Å². The highest BCUT2D eigenvalue weighted by molar-refractivity contribution is 5.35. The summed E-state index contributed by atoms with van der Waals surface area (Å²) < 4.78 is 0. The van der Waals surface area contributed by atoms with Crippen molar-refractivity contribution < 1.29 is 0 Å². The monoisotopic (exact) mass is 339 g/mol. The molecule has 0 spiro atoms. The Morgan fingerprint density at radius 3 is 3.08 bits per heavy atom. The molecule has 0 aromatic carbocycles. The van der Waals surface area contributed by atoms with Crippen molar-refractivity contribution in [1.29, 1.82) is 0 Å². The third kappa shape index (κ3) is 3.58. The summed E-state index contributed by atoms with van der Waals surface area (Å²) in [6, 6.07) is 4.03. The Hall–Kier alpha value is -2.21. The standard InChI is InChI=1S/C19H25N5O/c1-14-4-3-8-24(11-14)19-21-17-6-9-23(13-16(17)18(25)22-19)12-15-5-2-7-20-10-15/h2,5,7,10,14H,3-4,6,8-9,11-13H2,1H3,(H,21,22,25).